The van der Waals surface area contributed by atoms with E-state index in [1.54, 1.807) is 24.1 Å². The minimum atomic E-state index is -0.810. The zero-order chi connectivity index (χ0) is 34.2. The number of fused-ring (bicyclic) bond motifs is 4. The molecule has 0 saturated carbocycles. The number of hydrogen-bond donors (Lipinski definition) is 3. The maximum atomic E-state index is 14.1. The average molecular weight is 713 g/mol. The third kappa shape index (κ3) is 9.72. The Balaban J connectivity index is 1.42. The summed E-state index contributed by atoms with van der Waals surface area (Å²) in [6, 6.07) is 18.6. The number of amides is 4. The van der Waals surface area contributed by atoms with Crippen LogP contribution in [0.2, 0.25) is 15.1 Å². The Morgan fingerprint density at radius 2 is 1.52 bits per heavy atom. The number of carbonyl (C=O) groups excluding carboxylic acids is 4. The smallest absolute Gasteiger partial charge is 0.250 e. The van der Waals surface area contributed by atoms with E-state index >= 15 is 0 Å². The van der Waals surface area contributed by atoms with Crippen LogP contribution in [-0.4, -0.2) is 73.3 Å². The van der Waals surface area contributed by atoms with Crippen LogP contribution in [0.3, 0.4) is 0 Å². The Labute approximate surface area is 296 Å². The van der Waals surface area contributed by atoms with Crippen LogP contribution in [0.1, 0.15) is 42.4 Å². The summed E-state index contributed by atoms with van der Waals surface area (Å²) >= 11 is 18.5. The van der Waals surface area contributed by atoms with Gasteiger partial charge in [0.05, 0.1) is 10.0 Å². The maximum absolute atomic E-state index is 14.1. The molecule has 2 bridgehead atoms. The highest BCUT2D eigenvalue weighted by Gasteiger charge is 2.33. The number of nitrogens with one attached hydrogen (secondary N) is 3. The largest absolute Gasteiger partial charge is 0.351 e. The normalized spacial score (nSPS) is 21.8. The van der Waals surface area contributed by atoms with Crippen LogP contribution >= 0.6 is 34.8 Å². The summed E-state index contributed by atoms with van der Waals surface area (Å²) in [4.78, 5) is 57.7. The predicted molar refractivity (Wildman–Crippen MR) is 190 cm³/mol. The first-order valence-corrected chi connectivity index (χ1v) is 17.3. The van der Waals surface area contributed by atoms with Gasteiger partial charge in [-0.05, 0) is 85.7 Å². The van der Waals surface area contributed by atoms with E-state index in [-0.39, 0.29) is 43.1 Å². The van der Waals surface area contributed by atoms with Crippen LogP contribution in [0.25, 0.3) is 0 Å². The topological polar surface area (TPSA) is 111 Å². The molecule has 3 aromatic carbocycles. The van der Waals surface area contributed by atoms with Gasteiger partial charge >= 0.3 is 0 Å². The van der Waals surface area contributed by atoms with Crippen LogP contribution in [0.4, 0.5) is 5.69 Å². The van der Waals surface area contributed by atoms with Crippen molar-refractivity contribution in [3.8, 4) is 0 Å². The fourth-order valence-corrected chi connectivity index (χ4v) is 6.71. The third-order valence-electron chi connectivity index (χ3n) is 8.79. The van der Waals surface area contributed by atoms with Gasteiger partial charge < -0.3 is 25.8 Å². The Morgan fingerprint density at radius 3 is 2.29 bits per heavy atom. The summed E-state index contributed by atoms with van der Waals surface area (Å²) < 4.78 is 0. The van der Waals surface area contributed by atoms with Crippen molar-refractivity contribution < 1.29 is 19.2 Å². The van der Waals surface area contributed by atoms with Gasteiger partial charge in [0.2, 0.25) is 23.6 Å². The van der Waals surface area contributed by atoms with Gasteiger partial charge in [-0.3, -0.25) is 19.2 Å². The van der Waals surface area contributed by atoms with Crippen molar-refractivity contribution in [2.75, 3.05) is 31.6 Å². The Bertz CT molecular complexity index is 1640. The molecule has 0 unspecified atom stereocenters. The van der Waals surface area contributed by atoms with Crippen molar-refractivity contribution in [2.24, 2.45) is 0 Å². The van der Waals surface area contributed by atoms with Crippen LogP contribution in [0.15, 0.2) is 66.7 Å². The average Bonchev–Trinajstić information content (AvgIpc) is 3.17. The molecule has 4 amide bonds. The molecule has 0 spiro atoms. The van der Waals surface area contributed by atoms with E-state index in [2.05, 4.69) is 16.0 Å². The fourth-order valence-electron chi connectivity index (χ4n) is 6.27. The van der Waals surface area contributed by atoms with Crippen molar-refractivity contribution in [1.82, 2.24) is 20.9 Å². The first-order valence-electron chi connectivity index (χ1n) is 16.2. The molecule has 5 rings (SSSR count). The molecule has 12 heteroatoms. The summed E-state index contributed by atoms with van der Waals surface area (Å²) in [5.74, 6) is -1.16. The lowest BCUT2D eigenvalue weighted by Crippen LogP contribution is -2.52. The van der Waals surface area contributed by atoms with Gasteiger partial charge in [-0.25, -0.2) is 0 Å². The summed E-state index contributed by atoms with van der Waals surface area (Å²) in [7, 11) is 1.74. The zero-order valence-corrected chi connectivity index (χ0v) is 29.1. The van der Waals surface area contributed by atoms with Gasteiger partial charge in [0.15, 0.2) is 0 Å². The highest BCUT2D eigenvalue weighted by molar-refractivity contribution is 6.42. The Morgan fingerprint density at radius 1 is 0.792 bits per heavy atom. The number of rotatable bonds is 4. The van der Waals surface area contributed by atoms with E-state index < -0.39 is 18.0 Å². The van der Waals surface area contributed by atoms with Gasteiger partial charge in [-0.1, -0.05) is 71.2 Å². The molecule has 3 aromatic rings. The van der Waals surface area contributed by atoms with Crippen molar-refractivity contribution in [2.45, 2.75) is 63.1 Å². The molecular weight excluding hydrogens is 673 g/mol. The van der Waals surface area contributed by atoms with E-state index in [0.717, 1.165) is 16.7 Å². The lowest BCUT2D eigenvalue weighted by molar-refractivity contribution is -0.131. The molecule has 1 fully saturated rings. The number of carbonyl (C=O) groups is 4. The molecule has 2 aliphatic rings. The molecule has 3 N–H and O–H groups in total. The van der Waals surface area contributed by atoms with Gasteiger partial charge in [0.1, 0.15) is 12.6 Å². The number of aryl methyl sites for hydroxylation is 1. The molecule has 1 saturated heterocycles. The number of nitrogens with zero attached hydrogens (tertiary/aromatic N) is 2. The zero-order valence-electron chi connectivity index (χ0n) is 26.8. The number of hydrogen-bond acceptors (Lipinski definition) is 5. The lowest BCUT2D eigenvalue weighted by Gasteiger charge is -2.28. The van der Waals surface area contributed by atoms with Gasteiger partial charge in [0, 0.05) is 49.2 Å². The van der Waals surface area contributed by atoms with E-state index in [1.165, 1.54) is 4.90 Å². The summed E-state index contributed by atoms with van der Waals surface area (Å²) in [6.45, 7) is 0.781. The molecule has 254 valence electrons. The molecule has 0 aliphatic carbocycles. The first-order chi connectivity index (χ1) is 23.0. The third-order valence-corrected chi connectivity index (χ3v) is 9.79. The number of benzene rings is 3. The lowest BCUT2D eigenvalue weighted by atomic mass is 10.0. The quantitative estimate of drug-likeness (QED) is 0.354. The number of anilines is 1. The van der Waals surface area contributed by atoms with Crippen LogP contribution in [0.5, 0.6) is 0 Å². The molecule has 48 heavy (non-hydrogen) atoms. The van der Waals surface area contributed by atoms with Crippen LogP contribution < -0.4 is 20.9 Å². The monoisotopic (exact) mass is 711 g/mol. The van der Waals surface area contributed by atoms with Crippen LogP contribution in [-0.2, 0) is 38.4 Å². The second-order valence-electron chi connectivity index (χ2n) is 12.5. The molecule has 0 aromatic heterocycles. The minimum absolute atomic E-state index is 0.0539. The highest BCUT2D eigenvalue weighted by atomic mass is 35.5. The molecule has 3 atom stereocenters. The van der Waals surface area contributed by atoms with Crippen LogP contribution in [0, 0.1) is 0 Å². The van der Waals surface area contributed by atoms with Gasteiger partial charge in [0.25, 0.3) is 0 Å². The van der Waals surface area contributed by atoms with E-state index in [4.69, 9.17) is 34.8 Å². The number of halogens is 3. The van der Waals surface area contributed by atoms with Crippen molar-refractivity contribution in [3.63, 3.8) is 0 Å². The molecule has 0 radical (unpaired) electrons. The summed E-state index contributed by atoms with van der Waals surface area (Å²) in [6.07, 6.45) is 2.71. The SMILES string of the molecule is CN1CCCN[C@@H](Cc2ccc(Cl)cc2)CC(=O)N[C@H]2CCc3ccccc3N(CC(=O)N[C@H](Cc3ccc(Cl)c(Cl)c3)CC1=O)C2=O. The number of para-hydroxylation sites is 1. The second-order valence-corrected chi connectivity index (χ2v) is 13.7. The van der Waals surface area contributed by atoms with E-state index in [1.807, 2.05) is 54.6 Å². The standard InChI is InChI=1S/C36H40Cl3N5O4/c1-43-16-4-15-40-27(17-23-7-11-26(37)12-8-23)20-33(45)42-31-14-10-25-5-2-3-6-32(25)44(36(31)48)22-34(46)41-28(21-35(43)47)18-24-9-13-29(38)30(39)19-24/h2-3,5-9,11-13,19,27-28,31,40H,4,10,14-18,20-22H2,1H3,(H,41,46)(H,42,45)/t27-,28+,31-/m0/s1. The summed E-state index contributed by atoms with van der Waals surface area (Å²) in [5, 5.41) is 10.9. The molecule has 2 heterocycles. The van der Waals surface area contributed by atoms with E-state index in [9.17, 15) is 19.2 Å². The minimum Gasteiger partial charge on any atom is -0.351 e. The molecule has 2 aliphatic heterocycles. The van der Waals surface area contributed by atoms with Crippen molar-refractivity contribution in [3.05, 3.63) is 98.5 Å². The van der Waals surface area contributed by atoms with Gasteiger partial charge in [-0.15, -0.1) is 0 Å². The Hall–Kier alpha value is -3.63. The second kappa shape index (κ2) is 16.7. The van der Waals surface area contributed by atoms with Gasteiger partial charge in [-0.2, -0.15) is 0 Å². The molecule has 9 nitrogen and oxygen atoms in total. The van der Waals surface area contributed by atoms with E-state index in [0.29, 0.717) is 65.9 Å². The first kappa shape index (κ1) is 35.7. The summed E-state index contributed by atoms with van der Waals surface area (Å²) in [5.41, 5.74) is 3.36. The molecular formula is C36H40Cl3N5O4. The van der Waals surface area contributed by atoms with Crippen molar-refractivity contribution >= 4 is 64.1 Å². The maximum Gasteiger partial charge on any atom is 0.250 e. The Kier molecular flexibility index (Phi) is 12.4. The predicted octanol–water partition coefficient (Wildman–Crippen LogP) is 4.98. The van der Waals surface area contributed by atoms with Crippen molar-refractivity contribution in [1.29, 1.82) is 0 Å². The highest BCUT2D eigenvalue weighted by Crippen LogP contribution is 2.28. The fraction of sp³-hybridized carbons (Fsp3) is 0.389.